The lowest BCUT2D eigenvalue weighted by Crippen LogP contribution is -2.34. The lowest BCUT2D eigenvalue weighted by atomic mass is 9.98. The van der Waals surface area contributed by atoms with Crippen LogP contribution in [-0.2, 0) is 4.74 Å². The van der Waals surface area contributed by atoms with Gasteiger partial charge in [0.15, 0.2) is 0 Å². The van der Waals surface area contributed by atoms with Crippen LogP contribution in [0.3, 0.4) is 0 Å². The first-order valence-electron chi connectivity index (χ1n) is 6.21. The Balaban J connectivity index is 1.98. The number of piperidine rings is 1. The molecule has 3 nitrogen and oxygen atoms in total. The molecule has 15 heavy (non-hydrogen) atoms. The van der Waals surface area contributed by atoms with Crippen LogP contribution < -0.4 is 5.32 Å². The maximum absolute atomic E-state index is 5.05. The van der Waals surface area contributed by atoms with Crippen LogP contribution in [0, 0.1) is 5.92 Å². The van der Waals surface area contributed by atoms with Gasteiger partial charge in [0.05, 0.1) is 0 Å². The van der Waals surface area contributed by atoms with E-state index in [0.29, 0.717) is 0 Å². The van der Waals surface area contributed by atoms with E-state index in [1.54, 1.807) is 7.11 Å². The second-order valence-corrected chi connectivity index (χ2v) is 4.66. The third kappa shape index (κ3) is 6.13. The number of unbranched alkanes of at least 4 members (excludes halogenated alkanes) is 1. The summed E-state index contributed by atoms with van der Waals surface area (Å²) in [7, 11) is 4.02. The predicted molar refractivity (Wildman–Crippen MR) is 64.2 cm³/mol. The molecular formula is C12H26N2O. The van der Waals surface area contributed by atoms with Gasteiger partial charge in [0.25, 0.3) is 0 Å². The van der Waals surface area contributed by atoms with Crippen molar-refractivity contribution in [3.8, 4) is 0 Å². The standard InChI is InChI=1S/C12H26N2O/c1-14(9-3-4-10-15-2)11-12-5-7-13-8-6-12/h12-13H,3-11H2,1-2H3. The van der Waals surface area contributed by atoms with E-state index >= 15 is 0 Å². The highest BCUT2D eigenvalue weighted by Gasteiger charge is 2.14. The van der Waals surface area contributed by atoms with E-state index in [0.717, 1.165) is 12.5 Å². The summed E-state index contributed by atoms with van der Waals surface area (Å²) >= 11 is 0. The zero-order chi connectivity index (χ0) is 10.9. The highest BCUT2D eigenvalue weighted by atomic mass is 16.5. The molecule has 90 valence electrons. The Labute approximate surface area is 94.2 Å². The number of methoxy groups -OCH3 is 1. The molecule has 0 unspecified atom stereocenters. The van der Waals surface area contributed by atoms with Gasteiger partial charge in [0, 0.05) is 20.3 Å². The van der Waals surface area contributed by atoms with Crippen LogP contribution in [0.2, 0.25) is 0 Å². The Kier molecular flexibility index (Phi) is 6.98. The summed E-state index contributed by atoms with van der Waals surface area (Å²) in [4.78, 5) is 2.48. The Morgan fingerprint density at radius 1 is 1.27 bits per heavy atom. The van der Waals surface area contributed by atoms with E-state index in [1.807, 2.05) is 0 Å². The molecule has 1 rings (SSSR count). The van der Waals surface area contributed by atoms with Gasteiger partial charge in [-0.25, -0.2) is 0 Å². The van der Waals surface area contributed by atoms with E-state index in [2.05, 4.69) is 17.3 Å². The number of ether oxygens (including phenoxy) is 1. The molecule has 0 aliphatic carbocycles. The van der Waals surface area contributed by atoms with Crippen LogP contribution in [0.15, 0.2) is 0 Å². The summed E-state index contributed by atoms with van der Waals surface area (Å²) < 4.78 is 5.05. The number of nitrogens with zero attached hydrogens (tertiary/aromatic N) is 1. The van der Waals surface area contributed by atoms with E-state index in [1.165, 1.54) is 51.9 Å². The Hall–Kier alpha value is -0.120. The van der Waals surface area contributed by atoms with E-state index in [4.69, 9.17) is 4.74 Å². The molecule has 1 heterocycles. The first kappa shape index (κ1) is 12.9. The SMILES string of the molecule is COCCCCN(C)CC1CCNCC1. The van der Waals surface area contributed by atoms with Gasteiger partial charge in [0.2, 0.25) is 0 Å². The molecule has 0 atom stereocenters. The largest absolute Gasteiger partial charge is 0.385 e. The Bertz CT molecular complexity index is 147. The number of hydrogen-bond donors (Lipinski definition) is 1. The van der Waals surface area contributed by atoms with Gasteiger partial charge >= 0.3 is 0 Å². The summed E-state index contributed by atoms with van der Waals surface area (Å²) in [5.41, 5.74) is 0. The van der Waals surface area contributed by atoms with Crippen molar-refractivity contribution < 1.29 is 4.74 Å². The van der Waals surface area contributed by atoms with Gasteiger partial charge < -0.3 is 15.0 Å². The fourth-order valence-corrected chi connectivity index (χ4v) is 2.22. The molecule has 0 amide bonds. The highest BCUT2D eigenvalue weighted by Crippen LogP contribution is 2.12. The molecule has 0 spiro atoms. The topological polar surface area (TPSA) is 24.5 Å². The number of rotatable bonds is 7. The number of nitrogens with one attached hydrogen (secondary N) is 1. The molecular weight excluding hydrogens is 188 g/mol. The third-order valence-electron chi connectivity index (χ3n) is 3.17. The molecule has 0 aromatic carbocycles. The predicted octanol–water partition coefficient (Wildman–Crippen LogP) is 1.34. The van der Waals surface area contributed by atoms with E-state index in [-0.39, 0.29) is 0 Å². The second-order valence-electron chi connectivity index (χ2n) is 4.66. The van der Waals surface area contributed by atoms with Gasteiger partial charge in [-0.2, -0.15) is 0 Å². The monoisotopic (exact) mass is 214 g/mol. The van der Waals surface area contributed by atoms with Crippen molar-refractivity contribution in [2.75, 3.05) is 46.9 Å². The normalized spacial score (nSPS) is 18.6. The zero-order valence-corrected chi connectivity index (χ0v) is 10.3. The quantitative estimate of drug-likeness (QED) is 0.647. The van der Waals surface area contributed by atoms with Gasteiger partial charge in [-0.3, -0.25) is 0 Å². The molecule has 1 N–H and O–H groups in total. The lowest BCUT2D eigenvalue weighted by Gasteiger charge is -2.27. The van der Waals surface area contributed by atoms with Crippen molar-refractivity contribution in [1.82, 2.24) is 10.2 Å². The van der Waals surface area contributed by atoms with Gasteiger partial charge in [-0.05, 0) is 58.3 Å². The minimum atomic E-state index is 0.904. The van der Waals surface area contributed by atoms with Crippen LogP contribution >= 0.6 is 0 Å². The third-order valence-corrected chi connectivity index (χ3v) is 3.17. The summed E-state index contributed by atoms with van der Waals surface area (Å²) in [6, 6.07) is 0. The minimum Gasteiger partial charge on any atom is -0.385 e. The molecule has 0 aromatic heterocycles. The summed E-state index contributed by atoms with van der Waals surface area (Å²) in [6.07, 6.45) is 5.15. The molecule has 0 bridgehead atoms. The fraction of sp³-hybridized carbons (Fsp3) is 1.00. The van der Waals surface area contributed by atoms with E-state index in [9.17, 15) is 0 Å². The maximum Gasteiger partial charge on any atom is 0.0462 e. The molecule has 3 heteroatoms. The Morgan fingerprint density at radius 2 is 2.00 bits per heavy atom. The van der Waals surface area contributed by atoms with Crippen LogP contribution in [0.5, 0.6) is 0 Å². The van der Waals surface area contributed by atoms with Crippen molar-refractivity contribution in [1.29, 1.82) is 0 Å². The van der Waals surface area contributed by atoms with Crippen LogP contribution in [-0.4, -0.2) is 51.8 Å². The van der Waals surface area contributed by atoms with Crippen molar-refractivity contribution in [2.24, 2.45) is 5.92 Å². The second kappa shape index (κ2) is 8.08. The smallest absolute Gasteiger partial charge is 0.0462 e. The molecule has 1 aliphatic rings. The van der Waals surface area contributed by atoms with Crippen LogP contribution in [0.1, 0.15) is 25.7 Å². The highest BCUT2D eigenvalue weighted by molar-refractivity contribution is 4.71. The molecule has 1 fully saturated rings. The summed E-state index contributed by atoms with van der Waals surface area (Å²) in [6.45, 7) is 5.81. The Morgan fingerprint density at radius 3 is 2.67 bits per heavy atom. The number of hydrogen-bond acceptors (Lipinski definition) is 3. The lowest BCUT2D eigenvalue weighted by molar-refractivity contribution is 0.182. The summed E-state index contributed by atoms with van der Waals surface area (Å²) in [5, 5.41) is 3.41. The molecule has 1 saturated heterocycles. The molecule has 0 radical (unpaired) electrons. The van der Waals surface area contributed by atoms with Crippen molar-refractivity contribution >= 4 is 0 Å². The fourth-order valence-electron chi connectivity index (χ4n) is 2.22. The zero-order valence-electron chi connectivity index (χ0n) is 10.3. The van der Waals surface area contributed by atoms with Crippen LogP contribution in [0.25, 0.3) is 0 Å². The van der Waals surface area contributed by atoms with Crippen LogP contribution in [0.4, 0.5) is 0 Å². The van der Waals surface area contributed by atoms with E-state index < -0.39 is 0 Å². The van der Waals surface area contributed by atoms with Crippen molar-refractivity contribution in [2.45, 2.75) is 25.7 Å². The minimum absolute atomic E-state index is 0.904. The van der Waals surface area contributed by atoms with Crippen molar-refractivity contribution in [3.63, 3.8) is 0 Å². The first-order valence-corrected chi connectivity index (χ1v) is 6.21. The molecule has 0 saturated carbocycles. The maximum atomic E-state index is 5.05. The van der Waals surface area contributed by atoms with Gasteiger partial charge in [0.1, 0.15) is 0 Å². The molecule has 0 aromatic rings. The average molecular weight is 214 g/mol. The summed E-state index contributed by atoms with van der Waals surface area (Å²) in [5.74, 6) is 0.915. The molecule has 1 aliphatic heterocycles. The van der Waals surface area contributed by atoms with Gasteiger partial charge in [-0.15, -0.1) is 0 Å². The average Bonchev–Trinajstić information content (AvgIpc) is 2.26. The van der Waals surface area contributed by atoms with Crippen molar-refractivity contribution in [3.05, 3.63) is 0 Å². The van der Waals surface area contributed by atoms with Gasteiger partial charge in [-0.1, -0.05) is 0 Å². The first-order chi connectivity index (χ1) is 7.33.